The van der Waals surface area contributed by atoms with Crippen LogP contribution < -0.4 is 5.73 Å². The maximum Gasteiger partial charge on any atom is 0.0615 e. The minimum absolute atomic E-state index is 0.407. The van der Waals surface area contributed by atoms with Gasteiger partial charge in [-0.2, -0.15) is 0 Å². The fourth-order valence-corrected chi connectivity index (χ4v) is 2.02. The van der Waals surface area contributed by atoms with Crippen molar-refractivity contribution in [2.45, 2.75) is 33.4 Å². The highest BCUT2D eigenvalue weighted by Gasteiger charge is 2.13. The van der Waals surface area contributed by atoms with Crippen LogP contribution in [0.25, 0.3) is 0 Å². The van der Waals surface area contributed by atoms with Crippen LogP contribution in [-0.4, -0.2) is 31.2 Å². The van der Waals surface area contributed by atoms with E-state index in [9.17, 15) is 0 Å². The van der Waals surface area contributed by atoms with Gasteiger partial charge in [-0.15, -0.1) is 0 Å². The number of likely N-dealkylation sites (N-methyl/N-ethyl adjacent to an activating group) is 1. The van der Waals surface area contributed by atoms with E-state index >= 15 is 0 Å². The first-order valence-corrected chi connectivity index (χ1v) is 6.16. The molecule has 0 saturated carbocycles. The van der Waals surface area contributed by atoms with Crippen molar-refractivity contribution in [2.24, 2.45) is 0 Å². The molecule has 0 aliphatic heterocycles. The summed E-state index contributed by atoms with van der Waals surface area (Å²) in [6.07, 6.45) is 0. The molecule has 3 heteroatoms. The van der Waals surface area contributed by atoms with E-state index in [2.05, 4.69) is 31.7 Å². The highest BCUT2D eigenvalue weighted by atomic mass is 16.5. The second kappa shape index (κ2) is 6.62. The van der Waals surface area contributed by atoms with E-state index in [4.69, 9.17) is 10.5 Å². The highest BCUT2D eigenvalue weighted by Crippen LogP contribution is 2.17. The summed E-state index contributed by atoms with van der Waals surface area (Å²) in [5.74, 6) is 0. The zero-order valence-electron chi connectivity index (χ0n) is 11.4. The van der Waals surface area contributed by atoms with Gasteiger partial charge in [-0.25, -0.2) is 0 Å². The number of benzene rings is 1. The number of rotatable bonds is 6. The number of anilines is 1. The van der Waals surface area contributed by atoms with Gasteiger partial charge in [-0.1, -0.05) is 24.6 Å². The molecule has 3 nitrogen and oxygen atoms in total. The molecule has 0 aliphatic carbocycles. The lowest BCUT2D eigenvalue weighted by atomic mass is 10.1. The van der Waals surface area contributed by atoms with Crippen LogP contribution in [0, 0.1) is 6.92 Å². The van der Waals surface area contributed by atoms with E-state index in [0.717, 1.165) is 25.4 Å². The number of methoxy groups -OCH3 is 1. The molecular weight excluding hydrogens is 212 g/mol. The van der Waals surface area contributed by atoms with Crippen molar-refractivity contribution in [3.05, 3.63) is 29.3 Å². The maximum atomic E-state index is 6.01. The Hall–Kier alpha value is -1.06. The second-order valence-corrected chi connectivity index (χ2v) is 4.57. The van der Waals surface area contributed by atoms with E-state index in [1.54, 1.807) is 7.11 Å². The van der Waals surface area contributed by atoms with Crippen LogP contribution in [0.4, 0.5) is 5.69 Å². The molecule has 1 aromatic rings. The fourth-order valence-electron chi connectivity index (χ4n) is 2.02. The molecule has 0 saturated heterocycles. The van der Waals surface area contributed by atoms with Gasteiger partial charge in [0, 0.05) is 25.4 Å². The molecule has 0 amide bonds. The normalized spacial score (nSPS) is 13.0. The molecule has 0 radical (unpaired) electrons. The van der Waals surface area contributed by atoms with Crippen molar-refractivity contribution in [1.29, 1.82) is 0 Å². The lowest BCUT2D eigenvalue weighted by molar-refractivity contribution is 0.0983. The predicted octanol–water partition coefficient (Wildman–Crippen LogP) is 2.43. The SMILES string of the molecule is CCN(Cc1cc(C)ccc1N)C(C)COC. The first-order valence-electron chi connectivity index (χ1n) is 6.16. The van der Waals surface area contributed by atoms with Crippen LogP contribution in [-0.2, 0) is 11.3 Å². The Labute approximate surface area is 105 Å². The van der Waals surface area contributed by atoms with Crippen molar-refractivity contribution in [2.75, 3.05) is 26.0 Å². The van der Waals surface area contributed by atoms with E-state index in [-0.39, 0.29) is 0 Å². The third-order valence-corrected chi connectivity index (χ3v) is 3.11. The average molecular weight is 236 g/mol. The predicted molar refractivity (Wildman–Crippen MR) is 73.0 cm³/mol. The zero-order valence-corrected chi connectivity index (χ0v) is 11.4. The summed E-state index contributed by atoms with van der Waals surface area (Å²) in [5, 5.41) is 0. The van der Waals surface area contributed by atoms with Crippen molar-refractivity contribution < 1.29 is 4.74 Å². The van der Waals surface area contributed by atoms with Gasteiger partial charge in [-0.05, 0) is 32.0 Å². The van der Waals surface area contributed by atoms with Gasteiger partial charge >= 0.3 is 0 Å². The quantitative estimate of drug-likeness (QED) is 0.771. The van der Waals surface area contributed by atoms with Gasteiger partial charge in [0.15, 0.2) is 0 Å². The Morgan fingerprint density at radius 1 is 1.41 bits per heavy atom. The summed E-state index contributed by atoms with van der Waals surface area (Å²) in [5.41, 5.74) is 9.34. The standard InChI is InChI=1S/C14H24N2O/c1-5-16(12(3)10-17-4)9-13-8-11(2)6-7-14(13)15/h6-8,12H,5,9-10,15H2,1-4H3. The number of nitrogens with zero attached hydrogens (tertiary/aromatic N) is 1. The molecule has 96 valence electrons. The van der Waals surface area contributed by atoms with E-state index in [1.165, 1.54) is 11.1 Å². The molecule has 1 aromatic carbocycles. The van der Waals surface area contributed by atoms with Crippen molar-refractivity contribution >= 4 is 5.69 Å². The molecule has 1 rings (SSSR count). The highest BCUT2D eigenvalue weighted by molar-refractivity contribution is 5.48. The molecular formula is C14H24N2O. The van der Waals surface area contributed by atoms with Crippen molar-refractivity contribution in [3.8, 4) is 0 Å². The topological polar surface area (TPSA) is 38.5 Å². The summed E-state index contributed by atoms with van der Waals surface area (Å²) in [7, 11) is 1.74. The van der Waals surface area contributed by atoms with Gasteiger partial charge in [0.1, 0.15) is 0 Å². The van der Waals surface area contributed by atoms with Gasteiger partial charge < -0.3 is 10.5 Å². The summed E-state index contributed by atoms with van der Waals surface area (Å²) < 4.78 is 5.21. The van der Waals surface area contributed by atoms with Gasteiger partial charge in [-0.3, -0.25) is 4.90 Å². The lowest BCUT2D eigenvalue weighted by Gasteiger charge is -2.27. The Kier molecular flexibility index (Phi) is 5.45. The number of hydrogen-bond donors (Lipinski definition) is 1. The van der Waals surface area contributed by atoms with E-state index in [1.807, 2.05) is 12.1 Å². The molecule has 0 fully saturated rings. The molecule has 2 N–H and O–H groups in total. The summed E-state index contributed by atoms with van der Waals surface area (Å²) >= 11 is 0. The molecule has 0 spiro atoms. The van der Waals surface area contributed by atoms with Gasteiger partial charge in [0.05, 0.1) is 6.61 Å². The third-order valence-electron chi connectivity index (χ3n) is 3.11. The Bertz CT molecular complexity index is 352. The Balaban J connectivity index is 2.76. The average Bonchev–Trinajstić information content (AvgIpc) is 2.30. The third kappa shape index (κ3) is 4.02. The van der Waals surface area contributed by atoms with Crippen LogP contribution >= 0.6 is 0 Å². The molecule has 0 bridgehead atoms. The first-order chi connectivity index (χ1) is 8.08. The monoisotopic (exact) mass is 236 g/mol. The zero-order chi connectivity index (χ0) is 12.8. The first kappa shape index (κ1) is 14.0. The molecule has 17 heavy (non-hydrogen) atoms. The number of hydrogen-bond acceptors (Lipinski definition) is 3. The van der Waals surface area contributed by atoms with Crippen molar-refractivity contribution in [1.82, 2.24) is 4.90 Å². The number of nitrogens with two attached hydrogens (primary N) is 1. The minimum atomic E-state index is 0.407. The fraction of sp³-hybridized carbons (Fsp3) is 0.571. The second-order valence-electron chi connectivity index (χ2n) is 4.57. The van der Waals surface area contributed by atoms with Crippen LogP contribution in [0.5, 0.6) is 0 Å². The number of nitrogen functional groups attached to an aromatic ring is 1. The van der Waals surface area contributed by atoms with Crippen LogP contribution in [0.15, 0.2) is 18.2 Å². The summed E-state index contributed by atoms with van der Waals surface area (Å²) in [6.45, 7) is 9.07. The smallest absolute Gasteiger partial charge is 0.0615 e. The van der Waals surface area contributed by atoms with Crippen LogP contribution in [0.2, 0.25) is 0 Å². The largest absolute Gasteiger partial charge is 0.398 e. The van der Waals surface area contributed by atoms with Gasteiger partial charge in [0.2, 0.25) is 0 Å². The number of ether oxygens (including phenoxy) is 1. The van der Waals surface area contributed by atoms with Crippen LogP contribution in [0.1, 0.15) is 25.0 Å². The maximum absolute atomic E-state index is 6.01. The minimum Gasteiger partial charge on any atom is -0.398 e. The molecule has 0 heterocycles. The molecule has 1 unspecified atom stereocenters. The molecule has 1 atom stereocenters. The summed E-state index contributed by atoms with van der Waals surface area (Å²) in [4.78, 5) is 2.37. The van der Waals surface area contributed by atoms with Gasteiger partial charge in [0.25, 0.3) is 0 Å². The Morgan fingerprint density at radius 3 is 2.71 bits per heavy atom. The Morgan fingerprint density at radius 2 is 2.12 bits per heavy atom. The van der Waals surface area contributed by atoms with Crippen LogP contribution in [0.3, 0.4) is 0 Å². The van der Waals surface area contributed by atoms with E-state index < -0.39 is 0 Å². The van der Waals surface area contributed by atoms with E-state index in [0.29, 0.717) is 6.04 Å². The summed E-state index contributed by atoms with van der Waals surface area (Å²) in [6, 6.07) is 6.61. The van der Waals surface area contributed by atoms with Crippen molar-refractivity contribution in [3.63, 3.8) is 0 Å². The molecule has 0 aliphatic rings. The molecule has 0 aromatic heterocycles. The number of aryl methyl sites for hydroxylation is 1. The lowest BCUT2D eigenvalue weighted by Crippen LogP contribution is -2.35.